The number of nitrogens with two attached hydrogens (primary N) is 1. The number of halogens is 1. The van der Waals surface area contributed by atoms with Gasteiger partial charge in [0.1, 0.15) is 5.82 Å². The maximum absolute atomic E-state index is 12.3. The lowest BCUT2D eigenvalue weighted by Crippen LogP contribution is -2.04. The highest BCUT2D eigenvalue weighted by atomic mass is 35.5. The topological polar surface area (TPSA) is 77.0 Å². The number of aliphatic imine (C=N–C) groups is 2. The van der Waals surface area contributed by atoms with Crippen molar-refractivity contribution in [3.05, 3.63) is 77.1 Å². The van der Waals surface area contributed by atoms with Crippen molar-refractivity contribution in [2.75, 3.05) is 7.11 Å². The minimum absolute atomic E-state index is 0.102. The molecular formula is C25H34ClN3O2. The summed E-state index contributed by atoms with van der Waals surface area (Å²) in [6, 6.07) is 5.45. The van der Waals surface area contributed by atoms with Crippen LogP contribution >= 0.6 is 11.6 Å². The lowest BCUT2D eigenvalue weighted by atomic mass is 9.96. The summed E-state index contributed by atoms with van der Waals surface area (Å²) < 4.78 is 5.10. The van der Waals surface area contributed by atoms with Gasteiger partial charge in [0, 0.05) is 28.8 Å². The van der Waals surface area contributed by atoms with Crippen molar-refractivity contribution in [3.8, 4) is 0 Å². The third-order valence-corrected chi connectivity index (χ3v) is 4.47. The van der Waals surface area contributed by atoms with Gasteiger partial charge in [-0.05, 0) is 57.9 Å². The number of ether oxygens (including phenoxy) is 1. The Morgan fingerprint density at radius 2 is 1.84 bits per heavy atom. The minimum atomic E-state index is -0.118. The van der Waals surface area contributed by atoms with Crippen LogP contribution in [0.4, 0.5) is 0 Å². The highest BCUT2D eigenvalue weighted by Crippen LogP contribution is 2.30. The lowest BCUT2D eigenvalue weighted by Gasteiger charge is -2.13. The first-order chi connectivity index (χ1) is 14.5. The zero-order valence-electron chi connectivity index (χ0n) is 19.6. The van der Waals surface area contributed by atoms with E-state index >= 15 is 0 Å². The second kappa shape index (κ2) is 14.1. The summed E-state index contributed by atoms with van der Waals surface area (Å²) >= 11 is 6.52. The molecule has 0 spiro atoms. The number of hydrogen-bond donors (Lipinski definition) is 1. The highest BCUT2D eigenvalue weighted by Gasteiger charge is 2.15. The third-order valence-electron chi connectivity index (χ3n) is 4.16. The molecule has 5 nitrogen and oxygen atoms in total. The van der Waals surface area contributed by atoms with Gasteiger partial charge in [-0.2, -0.15) is 0 Å². The number of allylic oxidation sites excluding steroid dienone is 5. The Kier molecular flexibility index (Phi) is 12.8. The Bertz CT molecular complexity index is 925. The van der Waals surface area contributed by atoms with Crippen LogP contribution in [0.2, 0.25) is 5.02 Å². The Morgan fingerprint density at radius 1 is 1.26 bits per heavy atom. The first-order valence-electron chi connectivity index (χ1n) is 9.86. The predicted molar refractivity (Wildman–Crippen MR) is 135 cm³/mol. The summed E-state index contributed by atoms with van der Waals surface area (Å²) in [5.74, 6) is 0.693. The van der Waals surface area contributed by atoms with Gasteiger partial charge in [-0.25, -0.2) is 9.98 Å². The number of ketones is 1. The number of benzene rings is 1. The number of methoxy groups -OCH3 is 1. The molecular weight excluding hydrogens is 410 g/mol. The van der Waals surface area contributed by atoms with Gasteiger partial charge < -0.3 is 10.5 Å². The van der Waals surface area contributed by atoms with E-state index in [-0.39, 0.29) is 17.6 Å². The van der Waals surface area contributed by atoms with E-state index in [1.165, 1.54) is 6.92 Å². The zero-order chi connectivity index (χ0) is 24.1. The molecule has 1 rings (SSSR count). The first kappa shape index (κ1) is 28.1. The van der Waals surface area contributed by atoms with E-state index < -0.39 is 0 Å². The molecule has 0 amide bonds. The number of nitrogens with zero attached hydrogens (tertiary/aromatic N) is 2. The molecule has 1 unspecified atom stereocenters. The van der Waals surface area contributed by atoms with Crippen LogP contribution in [0.3, 0.4) is 0 Å². The summed E-state index contributed by atoms with van der Waals surface area (Å²) in [5.41, 5.74) is 9.07. The lowest BCUT2D eigenvalue weighted by molar-refractivity contribution is -0.111. The van der Waals surface area contributed by atoms with Crippen LogP contribution < -0.4 is 5.73 Å². The van der Waals surface area contributed by atoms with Crippen molar-refractivity contribution in [2.24, 2.45) is 15.7 Å². The Labute approximate surface area is 191 Å². The number of carbonyl (C=O) groups excluding carboxylic acids is 1. The van der Waals surface area contributed by atoms with Gasteiger partial charge in [0.2, 0.25) is 0 Å². The molecule has 0 bridgehead atoms. The highest BCUT2D eigenvalue weighted by molar-refractivity contribution is 6.35. The summed E-state index contributed by atoms with van der Waals surface area (Å²) in [5, 5.41) is 0.476. The SMILES string of the molecule is C=C(N)\N=C(C)/C(=C\C)/C=C(\C(C)=O)c1ccc(C(C)N=C(C)OC)cc1Cl.C=CC. The minimum Gasteiger partial charge on any atom is -0.484 e. The van der Waals surface area contributed by atoms with Crippen LogP contribution in [0.15, 0.2) is 71.0 Å². The maximum Gasteiger partial charge on any atom is 0.180 e. The molecule has 0 fully saturated rings. The zero-order valence-corrected chi connectivity index (χ0v) is 20.4. The van der Waals surface area contributed by atoms with E-state index in [0.29, 0.717) is 27.8 Å². The van der Waals surface area contributed by atoms with Crippen molar-refractivity contribution >= 4 is 34.6 Å². The number of hydrogen-bond acceptors (Lipinski definition) is 5. The summed E-state index contributed by atoms with van der Waals surface area (Å²) in [4.78, 5) is 20.9. The molecule has 1 aromatic carbocycles. The van der Waals surface area contributed by atoms with Crippen molar-refractivity contribution < 1.29 is 9.53 Å². The molecule has 1 aromatic rings. The number of Topliss-reactive ketones (excluding diaryl/α,β-unsaturated/α-hetero) is 1. The molecule has 0 saturated carbocycles. The van der Waals surface area contributed by atoms with E-state index in [1.54, 1.807) is 26.2 Å². The smallest absolute Gasteiger partial charge is 0.180 e. The number of carbonyl (C=O) groups is 1. The third kappa shape index (κ3) is 9.62. The summed E-state index contributed by atoms with van der Waals surface area (Å²) in [6.45, 7) is 17.8. The summed E-state index contributed by atoms with van der Waals surface area (Å²) in [7, 11) is 1.58. The first-order valence-corrected chi connectivity index (χ1v) is 10.2. The van der Waals surface area contributed by atoms with Crippen LogP contribution in [-0.2, 0) is 9.53 Å². The predicted octanol–water partition coefficient (Wildman–Crippen LogP) is 6.47. The van der Waals surface area contributed by atoms with Gasteiger partial charge >= 0.3 is 0 Å². The standard InChI is InChI=1S/C22H28ClN3O2.C3H6/c1-8-18(13(2)25-16(5)24)11-21(15(4)27)20-10-9-19(12-22(20)23)14(3)26-17(6)28-7;1-3-2/h8-12,14H,5,24H2,1-4,6-7H3;3H,1H2,2H3/b18-8-,21-11+,25-13-,26-17?;. The molecule has 0 aliphatic rings. The fourth-order valence-electron chi connectivity index (χ4n) is 2.61. The Hall–Kier alpha value is -2.92. The van der Waals surface area contributed by atoms with E-state index in [0.717, 1.165) is 11.1 Å². The molecule has 31 heavy (non-hydrogen) atoms. The maximum atomic E-state index is 12.3. The van der Waals surface area contributed by atoms with Crippen LogP contribution in [0.1, 0.15) is 58.7 Å². The van der Waals surface area contributed by atoms with E-state index in [1.807, 2.05) is 52.0 Å². The molecule has 1 atom stereocenters. The van der Waals surface area contributed by atoms with E-state index in [2.05, 4.69) is 23.1 Å². The average Bonchev–Trinajstić information content (AvgIpc) is 2.68. The molecule has 0 heterocycles. The second-order valence-corrected chi connectivity index (χ2v) is 7.13. The quantitative estimate of drug-likeness (QED) is 0.172. The molecule has 6 heteroatoms. The summed E-state index contributed by atoms with van der Waals surface area (Å²) in [6.07, 6.45) is 5.37. The Balaban J connectivity index is 0.00000282. The molecule has 0 aliphatic carbocycles. The second-order valence-electron chi connectivity index (χ2n) is 6.72. The fourth-order valence-corrected chi connectivity index (χ4v) is 2.90. The average molecular weight is 444 g/mol. The molecule has 0 saturated heterocycles. The van der Waals surface area contributed by atoms with Crippen molar-refractivity contribution in [1.82, 2.24) is 0 Å². The number of rotatable bonds is 7. The van der Waals surface area contributed by atoms with E-state index in [4.69, 9.17) is 22.1 Å². The van der Waals surface area contributed by atoms with Gasteiger partial charge in [-0.1, -0.05) is 42.5 Å². The molecule has 0 aromatic heterocycles. The largest absolute Gasteiger partial charge is 0.484 e. The van der Waals surface area contributed by atoms with Gasteiger partial charge in [0.05, 0.1) is 13.2 Å². The molecule has 0 aliphatic heterocycles. The van der Waals surface area contributed by atoms with Crippen LogP contribution in [0, 0.1) is 0 Å². The molecule has 0 radical (unpaired) electrons. The van der Waals surface area contributed by atoms with Gasteiger partial charge in [0.25, 0.3) is 0 Å². The van der Waals surface area contributed by atoms with Crippen molar-refractivity contribution in [3.63, 3.8) is 0 Å². The van der Waals surface area contributed by atoms with Gasteiger partial charge in [-0.15, -0.1) is 6.58 Å². The monoisotopic (exact) mass is 443 g/mol. The van der Waals surface area contributed by atoms with Gasteiger partial charge in [0.15, 0.2) is 11.7 Å². The van der Waals surface area contributed by atoms with Crippen LogP contribution in [-0.4, -0.2) is 24.5 Å². The normalized spacial score (nSPS) is 13.7. The fraction of sp³-hybridized carbons (Fsp3) is 0.320. The van der Waals surface area contributed by atoms with Gasteiger partial charge in [-0.3, -0.25) is 4.79 Å². The molecule has 2 N–H and O–H groups in total. The van der Waals surface area contributed by atoms with Crippen LogP contribution in [0.5, 0.6) is 0 Å². The van der Waals surface area contributed by atoms with Crippen molar-refractivity contribution in [2.45, 2.75) is 47.6 Å². The van der Waals surface area contributed by atoms with Crippen LogP contribution in [0.25, 0.3) is 5.57 Å². The van der Waals surface area contributed by atoms with E-state index in [9.17, 15) is 4.79 Å². The Morgan fingerprint density at radius 3 is 2.26 bits per heavy atom. The molecule has 168 valence electrons. The van der Waals surface area contributed by atoms with Crippen molar-refractivity contribution in [1.29, 1.82) is 0 Å².